The predicted octanol–water partition coefficient (Wildman–Crippen LogP) is 2.29. The van der Waals surface area contributed by atoms with Crippen molar-refractivity contribution in [2.75, 3.05) is 0 Å². The molecule has 0 heterocycles. The number of carbonyl (C=O) groups excluding carboxylic acids is 2. The molecule has 1 aromatic carbocycles. The minimum Gasteiger partial charge on any atom is -0.432 e. The molecule has 0 N–H and O–H groups in total. The van der Waals surface area contributed by atoms with Gasteiger partial charge in [-0.3, -0.25) is 0 Å². The number of benzene rings is 1. The second kappa shape index (κ2) is 5.50. The number of hydrogen-bond donors (Lipinski definition) is 0. The number of rotatable bonds is 4. The van der Waals surface area contributed by atoms with Crippen LogP contribution in [0, 0.1) is 0 Å². The van der Waals surface area contributed by atoms with Crippen LogP contribution in [-0.4, -0.2) is 11.9 Å². The summed E-state index contributed by atoms with van der Waals surface area (Å²) < 4.78 is 9.18. The maximum atomic E-state index is 11.4. The van der Waals surface area contributed by atoms with Gasteiger partial charge in [0, 0.05) is 0 Å². The molecule has 0 fully saturated rings. The minimum absolute atomic E-state index is 0.120. The molecule has 0 atom stereocenters. The molecule has 0 aromatic heterocycles. The molecule has 0 unspecified atom stereocenters. The van der Waals surface area contributed by atoms with Crippen LogP contribution in [-0.2, 0) is 9.47 Å². The van der Waals surface area contributed by atoms with Gasteiger partial charge < -0.3 is 9.47 Å². The molecule has 0 saturated carbocycles. The van der Waals surface area contributed by atoms with Gasteiger partial charge in [-0.2, -0.15) is 0 Å². The number of ether oxygens (including phenoxy) is 2. The summed E-state index contributed by atoms with van der Waals surface area (Å²) in [5.74, 6) is -1.32. The summed E-state index contributed by atoms with van der Waals surface area (Å²) >= 11 is 0. The molecule has 4 nitrogen and oxygen atoms in total. The summed E-state index contributed by atoms with van der Waals surface area (Å²) in [4.78, 5) is 22.9. The standard InChI is InChI=1S/C12H10O4/c1-3-15-11(13)9-7-5-6-8-10(9)12(14)16-4-2/h3-8H,1-2H2. The number of carbonyl (C=O) groups is 2. The van der Waals surface area contributed by atoms with Gasteiger partial charge in [0.1, 0.15) is 0 Å². The first-order chi connectivity index (χ1) is 7.70. The molecule has 0 saturated heterocycles. The first kappa shape index (κ1) is 11.7. The third kappa shape index (κ3) is 2.57. The summed E-state index contributed by atoms with van der Waals surface area (Å²) in [5, 5.41) is 0. The summed E-state index contributed by atoms with van der Waals surface area (Å²) in [5.41, 5.74) is 0.239. The molecule has 0 radical (unpaired) electrons. The van der Waals surface area contributed by atoms with Crippen molar-refractivity contribution in [1.82, 2.24) is 0 Å². The zero-order chi connectivity index (χ0) is 12.0. The van der Waals surface area contributed by atoms with Gasteiger partial charge in [-0.1, -0.05) is 25.3 Å². The van der Waals surface area contributed by atoms with Crippen molar-refractivity contribution in [3.8, 4) is 0 Å². The van der Waals surface area contributed by atoms with E-state index >= 15 is 0 Å². The van der Waals surface area contributed by atoms with Crippen molar-refractivity contribution in [3.05, 3.63) is 61.1 Å². The molecule has 1 aromatic rings. The molecule has 0 amide bonds. The van der Waals surface area contributed by atoms with Gasteiger partial charge >= 0.3 is 11.9 Å². The third-order valence-corrected chi connectivity index (χ3v) is 1.75. The Morgan fingerprint density at radius 2 is 1.31 bits per heavy atom. The molecule has 0 aliphatic heterocycles. The molecular formula is C12H10O4. The second-order valence-corrected chi connectivity index (χ2v) is 2.69. The van der Waals surface area contributed by atoms with Gasteiger partial charge in [0.2, 0.25) is 0 Å². The zero-order valence-electron chi connectivity index (χ0n) is 8.51. The SMILES string of the molecule is C=COC(=O)c1ccccc1C(=O)OC=C. The highest BCUT2D eigenvalue weighted by Gasteiger charge is 2.17. The highest BCUT2D eigenvalue weighted by Crippen LogP contribution is 2.12. The Labute approximate surface area is 92.8 Å². The van der Waals surface area contributed by atoms with Crippen molar-refractivity contribution in [3.63, 3.8) is 0 Å². The minimum atomic E-state index is -0.661. The van der Waals surface area contributed by atoms with Crippen molar-refractivity contribution >= 4 is 11.9 Å². The van der Waals surface area contributed by atoms with Crippen molar-refractivity contribution in [2.45, 2.75) is 0 Å². The quantitative estimate of drug-likeness (QED) is 0.574. The lowest BCUT2D eigenvalue weighted by Gasteiger charge is -2.05. The summed E-state index contributed by atoms with van der Waals surface area (Å²) in [6.07, 6.45) is 2.00. The molecule has 0 aliphatic rings. The van der Waals surface area contributed by atoms with Gasteiger partial charge in [0.15, 0.2) is 0 Å². The highest BCUT2D eigenvalue weighted by molar-refractivity contribution is 6.03. The molecule has 0 bridgehead atoms. The summed E-state index contributed by atoms with van der Waals surface area (Å²) in [6.45, 7) is 6.52. The smallest absolute Gasteiger partial charge is 0.343 e. The van der Waals surface area contributed by atoms with E-state index in [-0.39, 0.29) is 11.1 Å². The summed E-state index contributed by atoms with van der Waals surface area (Å²) in [6, 6.07) is 6.16. The lowest BCUT2D eigenvalue weighted by atomic mass is 10.1. The van der Waals surface area contributed by atoms with E-state index in [0.29, 0.717) is 0 Å². The molecule has 82 valence electrons. The lowest BCUT2D eigenvalue weighted by Crippen LogP contribution is -2.10. The maximum absolute atomic E-state index is 11.4. The molecule has 4 heteroatoms. The van der Waals surface area contributed by atoms with Crippen molar-refractivity contribution in [2.24, 2.45) is 0 Å². The van der Waals surface area contributed by atoms with Crippen LogP contribution in [0.2, 0.25) is 0 Å². The maximum Gasteiger partial charge on any atom is 0.343 e. The average Bonchev–Trinajstić information content (AvgIpc) is 2.30. The molecule has 0 spiro atoms. The highest BCUT2D eigenvalue weighted by atomic mass is 16.5. The Morgan fingerprint density at radius 3 is 1.62 bits per heavy atom. The van der Waals surface area contributed by atoms with Crippen LogP contribution in [0.1, 0.15) is 20.7 Å². The first-order valence-electron chi connectivity index (χ1n) is 4.43. The first-order valence-corrected chi connectivity index (χ1v) is 4.43. The van der Waals surface area contributed by atoms with Gasteiger partial charge in [-0.25, -0.2) is 9.59 Å². The zero-order valence-corrected chi connectivity index (χ0v) is 8.51. The van der Waals surface area contributed by atoms with Crippen LogP contribution in [0.5, 0.6) is 0 Å². The monoisotopic (exact) mass is 218 g/mol. The van der Waals surface area contributed by atoms with E-state index in [1.54, 1.807) is 12.1 Å². The predicted molar refractivity (Wildman–Crippen MR) is 57.7 cm³/mol. The molecule has 16 heavy (non-hydrogen) atoms. The van der Waals surface area contributed by atoms with E-state index in [4.69, 9.17) is 0 Å². The fraction of sp³-hybridized carbons (Fsp3) is 0. The van der Waals surface area contributed by atoms with Crippen LogP contribution in [0.15, 0.2) is 49.9 Å². The van der Waals surface area contributed by atoms with E-state index in [1.807, 2.05) is 0 Å². The van der Waals surface area contributed by atoms with Crippen molar-refractivity contribution < 1.29 is 19.1 Å². The third-order valence-electron chi connectivity index (χ3n) is 1.75. The number of hydrogen-bond acceptors (Lipinski definition) is 4. The van der Waals surface area contributed by atoms with Crippen LogP contribution in [0.25, 0.3) is 0 Å². The average molecular weight is 218 g/mol. The van der Waals surface area contributed by atoms with Crippen LogP contribution >= 0.6 is 0 Å². The van der Waals surface area contributed by atoms with Crippen LogP contribution in [0.3, 0.4) is 0 Å². The van der Waals surface area contributed by atoms with E-state index in [9.17, 15) is 9.59 Å². The normalized spacial score (nSPS) is 9.00. The Bertz CT molecular complexity index is 393. The van der Waals surface area contributed by atoms with Crippen LogP contribution < -0.4 is 0 Å². The van der Waals surface area contributed by atoms with Crippen LogP contribution in [0.4, 0.5) is 0 Å². The Hall–Kier alpha value is -2.36. The second-order valence-electron chi connectivity index (χ2n) is 2.69. The van der Waals surface area contributed by atoms with Gasteiger partial charge in [0.05, 0.1) is 23.7 Å². The van der Waals surface area contributed by atoms with E-state index in [1.165, 1.54) is 12.1 Å². The Kier molecular flexibility index (Phi) is 4.03. The molecular weight excluding hydrogens is 208 g/mol. The van der Waals surface area contributed by atoms with Crippen molar-refractivity contribution in [1.29, 1.82) is 0 Å². The molecule has 0 aliphatic carbocycles. The fourth-order valence-corrected chi connectivity index (χ4v) is 1.12. The largest absolute Gasteiger partial charge is 0.432 e. The Balaban J connectivity index is 3.09. The topological polar surface area (TPSA) is 52.6 Å². The van der Waals surface area contributed by atoms with E-state index < -0.39 is 11.9 Å². The van der Waals surface area contributed by atoms with Gasteiger partial charge in [0.25, 0.3) is 0 Å². The lowest BCUT2D eigenvalue weighted by molar-refractivity contribution is 0.0619. The van der Waals surface area contributed by atoms with Gasteiger partial charge in [-0.15, -0.1) is 0 Å². The van der Waals surface area contributed by atoms with Gasteiger partial charge in [-0.05, 0) is 12.1 Å². The molecule has 1 rings (SSSR count). The van der Waals surface area contributed by atoms with E-state index in [0.717, 1.165) is 12.5 Å². The van der Waals surface area contributed by atoms with E-state index in [2.05, 4.69) is 22.6 Å². The summed E-state index contributed by atoms with van der Waals surface area (Å²) in [7, 11) is 0. The number of esters is 2. The fourth-order valence-electron chi connectivity index (χ4n) is 1.12. The Morgan fingerprint density at radius 1 is 0.938 bits per heavy atom.